The van der Waals surface area contributed by atoms with Crippen LogP contribution in [0, 0.1) is 5.92 Å². The van der Waals surface area contributed by atoms with Gasteiger partial charge in [0.05, 0.1) is 0 Å². The first-order valence-corrected chi connectivity index (χ1v) is 8.04. The lowest BCUT2D eigenvalue weighted by atomic mass is 9.88. The van der Waals surface area contributed by atoms with Crippen molar-refractivity contribution < 1.29 is 4.79 Å². The van der Waals surface area contributed by atoms with Gasteiger partial charge >= 0.3 is 0 Å². The molecule has 0 N–H and O–H groups in total. The second-order valence-corrected chi connectivity index (χ2v) is 6.72. The van der Waals surface area contributed by atoms with Crippen molar-refractivity contribution in [2.75, 3.05) is 13.1 Å². The summed E-state index contributed by atoms with van der Waals surface area (Å²) in [5.41, 5.74) is 2.83. The average Bonchev–Trinajstić information content (AvgIpc) is 3.31. The summed E-state index contributed by atoms with van der Waals surface area (Å²) in [5.74, 6) is 1.87. The van der Waals surface area contributed by atoms with E-state index in [-0.39, 0.29) is 0 Å². The Bertz CT molecular complexity index is 490. The summed E-state index contributed by atoms with van der Waals surface area (Å²) in [7, 11) is 0. The third kappa shape index (κ3) is 2.89. The molecule has 1 aliphatic carbocycles. The van der Waals surface area contributed by atoms with Crippen LogP contribution in [0.4, 0.5) is 0 Å². The molecular weight excluding hydrogens is 246 g/mol. The largest absolute Gasteiger partial charge is 0.342 e. The summed E-state index contributed by atoms with van der Waals surface area (Å²) < 4.78 is 0. The van der Waals surface area contributed by atoms with E-state index >= 15 is 0 Å². The number of hydrogen-bond acceptors (Lipinski definition) is 1. The van der Waals surface area contributed by atoms with E-state index in [1.165, 1.54) is 17.5 Å². The maximum atomic E-state index is 12.2. The van der Waals surface area contributed by atoms with Crippen molar-refractivity contribution in [3.8, 4) is 0 Å². The van der Waals surface area contributed by atoms with Crippen LogP contribution >= 0.6 is 0 Å². The van der Waals surface area contributed by atoms with Crippen LogP contribution in [0.5, 0.6) is 0 Å². The molecule has 3 rings (SSSR count). The summed E-state index contributed by atoms with van der Waals surface area (Å²) in [4.78, 5) is 14.4. The highest BCUT2D eigenvalue weighted by Crippen LogP contribution is 2.34. The van der Waals surface area contributed by atoms with E-state index in [1.54, 1.807) is 0 Å². The molecule has 0 spiro atoms. The lowest BCUT2D eigenvalue weighted by Gasteiger charge is -2.33. The van der Waals surface area contributed by atoms with E-state index in [9.17, 15) is 4.79 Å². The number of carbonyl (C=O) groups is 1. The fourth-order valence-electron chi connectivity index (χ4n) is 3.21. The first kappa shape index (κ1) is 13.7. The Hall–Kier alpha value is -1.31. The van der Waals surface area contributed by atoms with Gasteiger partial charge in [-0.1, -0.05) is 38.1 Å². The number of piperidine rings is 1. The van der Waals surface area contributed by atoms with E-state index in [4.69, 9.17) is 0 Å². The second kappa shape index (κ2) is 5.59. The Morgan fingerprint density at radius 3 is 2.75 bits per heavy atom. The van der Waals surface area contributed by atoms with Crippen LogP contribution in [0.2, 0.25) is 0 Å². The fourth-order valence-corrected chi connectivity index (χ4v) is 3.21. The maximum Gasteiger partial charge on any atom is 0.225 e. The molecule has 2 aliphatic rings. The zero-order chi connectivity index (χ0) is 14.1. The van der Waals surface area contributed by atoms with Crippen molar-refractivity contribution in [1.29, 1.82) is 0 Å². The van der Waals surface area contributed by atoms with Gasteiger partial charge in [0, 0.05) is 24.9 Å². The van der Waals surface area contributed by atoms with Gasteiger partial charge in [0.1, 0.15) is 0 Å². The molecule has 20 heavy (non-hydrogen) atoms. The summed E-state index contributed by atoms with van der Waals surface area (Å²) in [6.45, 7) is 6.37. The van der Waals surface area contributed by atoms with Crippen LogP contribution in [-0.4, -0.2) is 23.9 Å². The Morgan fingerprint density at radius 2 is 2.05 bits per heavy atom. The zero-order valence-electron chi connectivity index (χ0n) is 12.6. The SMILES string of the molecule is CC(C)c1cccc(C2CCCN(C(=O)C3CC3)C2)c1. The third-order valence-corrected chi connectivity index (χ3v) is 4.71. The summed E-state index contributed by atoms with van der Waals surface area (Å²) in [5, 5.41) is 0. The van der Waals surface area contributed by atoms with Crippen LogP contribution in [0.3, 0.4) is 0 Å². The molecule has 1 amide bonds. The smallest absolute Gasteiger partial charge is 0.225 e. The molecule has 1 atom stereocenters. The van der Waals surface area contributed by atoms with Crippen LogP contribution in [0.25, 0.3) is 0 Å². The van der Waals surface area contributed by atoms with E-state index in [2.05, 4.69) is 43.0 Å². The molecule has 0 aromatic heterocycles. The van der Waals surface area contributed by atoms with Gasteiger partial charge in [-0.3, -0.25) is 4.79 Å². The minimum atomic E-state index is 0.357. The monoisotopic (exact) mass is 271 g/mol. The average molecular weight is 271 g/mol. The van der Waals surface area contributed by atoms with Crippen molar-refractivity contribution in [2.24, 2.45) is 5.92 Å². The maximum absolute atomic E-state index is 12.2. The molecule has 1 unspecified atom stereocenters. The molecule has 108 valence electrons. The molecule has 1 saturated carbocycles. The molecule has 1 aliphatic heterocycles. The van der Waals surface area contributed by atoms with Crippen LogP contribution in [0.15, 0.2) is 24.3 Å². The Balaban J connectivity index is 1.72. The summed E-state index contributed by atoms with van der Waals surface area (Å²) in [6, 6.07) is 8.97. The van der Waals surface area contributed by atoms with E-state index in [1.807, 2.05) is 0 Å². The van der Waals surface area contributed by atoms with Crippen molar-refractivity contribution in [3.05, 3.63) is 35.4 Å². The normalized spacial score (nSPS) is 23.1. The fraction of sp³-hybridized carbons (Fsp3) is 0.611. The van der Waals surface area contributed by atoms with Crippen molar-refractivity contribution in [1.82, 2.24) is 4.90 Å². The van der Waals surface area contributed by atoms with E-state index < -0.39 is 0 Å². The Labute approximate surface area is 122 Å². The highest BCUT2D eigenvalue weighted by molar-refractivity contribution is 5.81. The number of rotatable bonds is 3. The number of amides is 1. The van der Waals surface area contributed by atoms with E-state index in [0.29, 0.717) is 23.7 Å². The molecule has 0 radical (unpaired) electrons. The van der Waals surface area contributed by atoms with Crippen molar-refractivity contribution in [2.45, 2.75) is 51.4 Å². The minimum Gasteiger partial charge on any atom is -0.342 e. The zero-order valence-corrected chi connectivity index (χ0v) is 12.6. The number of carbonyl (C=O) groups excluding carboxylic acids is 1. The van der Waals surface area contributed by atoms with Gasteiger partial charge in [-0.05, 0) is 42.7 Å². The van der Waals surface area contributed by atoms with Crippen LogP contribution in [0.1, 0.15) is 62.5 Å². The highest BCUT2D eigenvalue weighted by Gasteiger charge is 2.35. The van der Waals surface area contributed by atoms with Gasteiger partial charge in [-0.2, -0.15) is 0 Å². The molecule has 0 bridgehead atoms. The lowest BCUT2D eigenvalue weighted by molar-refractivity contribution is -0.133. The lowest BCUT2D eigenvalue weighted by Crippen LogP contribution is -2.39. The van der Waals surface area contributed by atoms with Crippen molar-refractivity contribution in [3.63, 3.8) is 0 Å². The van der Waals surface area contributed by atoms with Gasteiger partial charge in [0.25, 0.3) is 0 Å². The quantitative estimate of drug-likeness (QED) is 0.815. The molecular formula is C18H25NO. The highest BCUT2D eigenvalue weighted by atomic mass is 16.2. The first-order valence-electron chi connectivity index (χ1n) is 8.04. The van der Waals surface area contributed by atoms with Crippen LogP contribution < -0.4 is 0 Å². The first-order chi connectivity index (χ1) is 9.65. The molecule has 1 aromatic carbocycles. The number of benzene rings is 1. The van der Waals surface area contributed by atoms with Crippen molar-refractivity contribution >= 4 is 5.91 Å². The molecule has 1 heterocycles. The van der Waals surface area contributed by atoms with Gasteiger partial charge in [0.15, 0.2) is 0 Å². The van der Waals surface area contributed by atoms with Gasteiger partial charge in [-0.15, -0.1) is 0 Å². The number of nitrogens with zero attached hydrogens (tertiary/aromatic N) is 1. The minimum absolute atomic E-state index is 0.357. The topological polar surface area (TPSA) is 20.3 Å². The van der Waals surface area contributed by atoms with Gasteiger partial charge in [0.2, 0.25) is 5.91 Å². The molecule has 2 nitrogen and oxygen atoms in total. The summed E-state index contributed by atoms with van der Waals surface area (Å²) >= 11 is 0. The third-order valence-electron chi connectivity index (χ3n) is 4.71. The number of hydrogen-bond donors (Lipinski definition) is 0. The van der Waals surface area contributed by atoms with Crippen LogP contribution in [-0.2, 0) is 4.79 Å². The van der Waals surface area contributed by atoms with E-state index in [0.717, 1.165) is 32.4 Å². The molecule has 2 fully saturated rings. The molecule has 1 aromatic rings. The predicted molar refractivity (Wildman–Crippen MR) is 81.8 cm³/mol. The molecule has 2 heteroatoms. The predicted octanol–water partition coefficient (Wildman–Crippen LogP) is 3.93. The van der Waals surface area contributed by atoms with Gasteiger partial charge in [-0.25, -0.2) is 0 Å². The standard InChI is InChI=1S/C18H25NO/c1-13(2)15-5-3-6-16(11-15)17-7-4-10-19(12-17)18(20)14-8-9-14/h3,5-6,11,13-14,17H,4,7-10,12H2,1-2H3. The number of likely N-dealkylation sites (tertiary alicyclic amines) is 1. The summed E-state index contributed by atoms with van der Waals surface area (Å²) in [6.07, 6.45) is 4.59. The van der Waals surface area contributed by atoms with Gasteiger partial charge < -0.3 is 4.90 Å². The molecule has 1 saturated heterocycles. The Morgan fingerprint density at radius 1 is 1.25 bits per heavy atom. The second-order valence-electron chi connectivity index (χ2n) is 6.72. The Kier molecular flexibility index (Phi) is 3.82.